The maximum absolute atomic E-state index is 12.3. The van der Waals surface area contributed by atoms with E-state index < -0.39 is 0 Å². The Morgan fingerprint density at radius 3 is 2.58 bits per heavy atom. The van der Waals surface area contributed by atoms with E-state index in [9.17, 15) is 9.59 Å². The van der Waals surface area contributed by atoms with Gasteiger partial charge < -0.3 is 19.7 Å². The Labute approximate surface area is 142 Å². The van der Waals surface area contributed by atoms with E-state index in [1.807, 2.05) is 12.1 Å². The molecule has 1 aliphatic rings. The molecule has 0 spiro atoms. The topological polar surface area (TPSA) is 67.9 Å². The van der Waals surface area contributed by atoms with Gasteiger partial charge in [0.15, 0.2) is 18.1 Å². The van der Waals surface area contributed by atoms with Crippen molar-refractivity contribution in [2.45, 2.75) is 12.8 Å². The van der Waals surface area contributed by atoms with Crippen LogP contribution in [0.15, 0.2) is 36.9 Å². The molecule has 0 atom stereocenters. The number of nitrogens with zero attached hydrogens (tertiary/aromatic N) is 1. The zero-order chi connectivity index (χ0) is 17.4. The number of methoxy groups -OCH3 is 1. The van der Waals surface area contributed by atoms with Crippen molar-refractivity contribution in [3.63, 3.8) is 0 Å². The van der Waals surface area contributed by atoms with Crippen LogP contribution in [0.1, 0.15) is 12.8 Å². The fraction of sp³-hybridized carbons (Fsp3) is 0.444. The van der Waals surface area contributed by atoms with Crippen molar-refractivity contribution >= 4 is 11.8 Å². The van der Waals surface area contributed by atoms with Crippen LogP contribution in [0.5, 0.6) is 11.5 Å². The molecule has 1 heterocycles. The van der Waals surface area contributed by atoms with E-state index >= 15 is 0 Å². The first-order valence-corrected chi connectivity index (χ1v) is 8.08. The number of amides is 2. The fourth-order valence-corrected chi connectivity index (χ4v) is 2.68. The fourth-order valence-electron chi connectivity index (χ4n) is 2.68. The highest BCUT2D eigenvalue weighted by Gasteiger charge is 2.27. The number of ether oxygens (including phenoxy) is 2. The summed E-state index contributed by atoms with van der Waals surface area (Å²) in [5.41, 5.74) is 0. The van der Waals surface area contributed by atoms with Crippen LogP contribution >= 0.6 is 0 Å². The molecule has 0 bridgehead atoms. The first-order chi connectivity index (χ1) is 11.7. The standard InChI is InChI=1S/C18H24N2O4/c1-3-10-19-18(22)14-8-11-20(12-9-14)17(21)13-24-16-7-5-4-6-15(16)23-2/h3-7,14H,1,8-13H2,2H3,(H,19,22). The number of benzene rings is 1. The van der Waals surface area contributed by atoms with Gasteiger partial charge in [0.25, 0.3) is 5.91 Å². The second-order valence-electron chi connectivity index (χ2n) is 5.63. The van der Waals surface area contributed by atoms with E-state index in [0.717, 1.165) is 0 Å². The summed E-state index contributed by atoms with van der Waals surface area (Å²) in [5.74, 6) is 1.07. The van der Waals surface area contributed by atoms with Crippen molar-refractivity contribution in [3.05, 3.63) is 36.9 Å². The van der Waals surface area contributed by atoms with E-state index in [4.69, 9.17) is 9.47 Å². The van der Waals surface area contributed by atoms with Crippen LogP contribution in [0, 0.1) is 5.92 Å². The van der Waals surface area contributed by atoms with Gasteiger partial charge in [-0.2, -0.15) is 0 Å². The predicted octanol–water partition coefficient (Wildman–Crippen LogP) is 1.61. The molecule has 24 heavy (non-hydrogen) atoms. The number of nitrogens with one attached hydrogen (secondary N) is 1. The molecule has 2 amide bonds. The third kappa shape index (κ3) is 4.75. The van der Waals surface area contributed by atoms with Gasteiger partial charge in [-0.3, -0.25) is 9.59 Å². The third-order valence-electron chi connectivity index (χ3n) is 4.06. The zero-order valence-electron chi connectivity index (χ0n) is 14.0. The lowest BCUT2D eigenvalue weighted by atomic mass is 9.96. The highest BCUT2D eigenvalue weighted by Crippen LogP contribution is 2.26. The van der Waals surface area contributed by atoms with Crippen LogP contribution in [-0.2, 0) is 9.59 Å². The number of carbonyl (C=O) groups excluding carboxylic acids is 2. The molecule has 0 aromatic heterocycles. The summed E-state index contributed by atoms with van der Waals surface area (Å²) < 4.78 is 10.8. The van der Waals surface area contributed by atoms with Gasteiger partial charge in [-0.05, 0) is 25.0 Å². The Balaban J connectivity index is 1.78. The summed E-state index contributed by atoms with van der Waals surface area (Å²) in [5, 5.41) is 2.81. The molecule has 1 aromatic rings. The van der Waals surface area contributed by atoms with Crippen molar-refractivity contribution in [3.8, 4) is 11.5 Å². The molecule has 1 aliphatic heterocycles. The lowest BCUT2D eigenvalue weighted by molar-refractivity contribution is -0.137. The van der Waals surface area contributed by atoms with E-state index in [2.05, 4.69) is 11.9 Å². The number of likely N-dealkylation sites (tertiary alicyclic amines) is 1. The normalized spacial score (nSPS) is 14.8. The SMILES string of the molecule is C=CCNC(=O)C1CCN(C(=O)COc2ccccc2OC)CC1. The maximum Gasteiger partial charge on any atom is 0.260 e. The minimum Gasteiger partial charge on any atom is -0.493 e. The van der Waals surface area contributed by atoms with Gasteiger partial charge in [0.1, 0.15) is 0 Å². The lowest BCUT2D eigenvalue weighted by Crippen LogP contribution is -2.44. The Kier molecular flexibility index (Phi) is 6.66. The van der Waals surface area contributed by atoms with Crippen molar-refractivity contribution in [2.75, 3.05) is 33.4 Å². The van der Waals surface area contributed by atoms with Crippen LogP contribution in [-0.4, -0.2) is 50.1 Å². The molecular weight excluding hydrogens is 308 g/mol. The van der Waals surface area contributed by atoms with Gasteiger partial charge in [-0.25, -0.2) is 0 Å². The van der Waals surface area contributed by atoms with Gasteiger partial charge >= 0.3 is 0 Å². The second-order valence-corrected chi connectivity index (χ2v) is 5.63. The average Bonchev–Trinajstić information content (AvgIpc) is 2.64. The molecule has 1 saturated heterocycles. The summed E-state index contributed by atoms with van der Waals surface area (Å²) >= 11 is 0. The first-order valence-electron chi connectivity index (χ1n) is 8.08. The Bertz CT molecular complexity index is 580. The van der Waals surface area contributed by atoms with Gasteiger partial charge in [-0.1, -0.05) is 18.2 Å². The first kappa shape index (κ1) is 17.8. The predicted molar refractivity (Wildman–Crippen MR) is 91.0 cm³/mol. The quantitative estimate of drug-likeness (QED) is 0.771. The van der Waals surface area contributed by atoms with Crippen LogP contribution in [0.25, 0.3) is 0 Å². The molecule has 6 heteroatoms. The summed E-state index contributed by atoms with van der Waals surface area (Å²) in [4.78, 5) is 25.9. The highest BCUT2D eigenvalue weighted by molar-refractivity contribution is 5.80. The van der Waals surface area contributed by atoms with Crippen molar-refractivity contribution < 1.29 is 19.1 Å². The molecule has 0 saturated carbocycles. The largest absolute Gasteiger partial charge is 0.493 e. The van der Waals surface area contributed by atoms with Gasteiger partial charge in [0.05, 0.1) is 7.11 Å². The minimum absolute atomic E-state index is 0.0340. The second kappa shape index (κ2) is 8.96. The number of rotatable bonds is 7. The number of hydrogen-bond donors (Lipinski definition) is 1. The molecule has 130 valence electrons. The number of carbonyl (C=O) groups is 2. The summed E-state index contributed by atoms with van der Waals surface area (Å²) in [6, 6.07) is 7.22. The zero-order valence-corrected chi connectivity index (χ0v) is 14.0. The Morgan fingerprint density at radius 1 is 1.29 bits per heavy atom. The monoisotopic (exact) mass is 332 g/mol. The van der Waals surface area contributed by atoms with Crippen molar-refractivity contribution in [1.29, 1.82) is 0 Å². The maximum atomic E-state index is 12.3. The Hall–Kier alpha value is -2.50. The average molecular weight is 332 g/mol. The van der Waals surface area contributed by atoms with Crippen LogP contribution < -0.4 is 14.8 Å². The summed E-state index contributed by atoms with van der Waals surface area (Å²) in [6.07, 6.45) is 3.00. The van der Waals surface area contributed by atoms with Crippen LogP contribution in [0.3, 0.4) is 0 Å². The molecular formula is C18H24N2O4. The number of para-hydroxylation sites is 2. The summed E-state index contributed by atoms with van der Waals surface area (Å²) in [6.45, 7) is 5.16. The molecule has 1 N–H and O–H groups in total. The van der Waals surface area contributed by atoms with Crippen molar-refractivity contribution in [2.24, 2.45) is 5.92 Å². The Morgan fingerprint density at radius 2 is 1.96 bits per heavy atom. The summed E-state index contributed by atoms with van der Waals surface area (Å²) in [7, 11) is 1.56. The van der Waals surface area contributed by atoms with E-state index in [1.165, 1.54) is 0 Å². The van der Waals surface area contributed by atoms with Crippen LogP contribution in [0.4, 0.5) is 0 Å². The van der Waals surface area contributed by atoms with Gasteiger partial charge in [-0.15, -0.1) is 6.58 Å². The van der Waals surface area contributed by atoms with E-state index in [1.54, 1.807) is 30.2 Å². The van der Waals surface area contributed by atoms with Crippen molar-refractivity contribution in [1.82, 2.24) is 10.2 Å². The molecule has 0 radical (unpaired) electrons. The van der Waals surface area contributed by atoms with Crippen LogP contribution in [0.2, 0.25) is 0 Å². The number of piperidine rings is 1. The third-order valence-corrected chi connectivity index (χ3v) is 4.06. The molecule has 1 fully saturated rings. The smallest absolute Gasteiger partial charge is 0.260 e. The highest BCUT2D eigenvalue weighted by atomic mass is 16.5. The van der Waals surface area contributed by atoms with E-state index in [0.29, 0.717) is 44.0 Å². The minimum atomic E-state index is -0.0779. The van der Waals surface area contributed by atoms with Gasteiger partial charge in [0, 0.05) is 25.6 Å². The van der Waals surface area contributed by atoms with Gasteiger partial charge in [0.2, 0.25) is 5.91 Å². The lowest BCUT2D eigenvalue weighted by Gasteiger charge is -2.31. The molecule has 0 aliphatic carbocycles. The molecule has 0 unspecified atom stereocenters. The molecule has 2 rings (SSSR count). The number of hydrogen-bond acceptors (Lipinski definition) is 4. The van der Waals surface area contributed by atoms with E-state index in [-0.39, 0.29) is 24.3 Å². The molecule has 6 nitrogen and oxygen atoms in total. The molecule has 1 aromatic carbocycles.